The molecule has 2 rings (SSSR count). The number of rotatable bonds is 9. The first-order valence-electron chi connectivity index (χ1n) is 9.15. The molecule has 30 heavy (non-hydrogen) atoms. The molecule has 10 nitrogen and oxygen atoms in total. The van der Waals surface area contributed by atoms with Crippen LogP contribution in [0.4, 0.5) is 26.5 Å². The normalized spacial score (nSPS) is 12.7. The summed E-state index contributed by atoms with van der Waals surface area (Å²) in [7, 11) is 1.46. The summed E-state index contributed by atoms with van der Waals surface area (Å²) in [6, 6.07) is 3.14. The molecule has 2 aromatic rings. The zero-order chi connectivity index (χ0) is 22.4. The molecule has 11 heteroatoms. The number of nitrogens with one attached hydrogen (secondary N) is 3. The Bertz CT molecular complexity index is 924. The number of hydrogen-bond acceptors (Lipinski definition) is 7. The highest BCUT2D eigenvalue weighted by Gasteiger charge is 2.25. The molecule has 0 fully saturated rings. The summed E-state index contributed by atoms with van der Waals surface area (Å²) in [5, 5.41) is 17.2. The molecule has 0 saturated carbocycles. The van der Waals surface area contributed by atoms with E-state index in [2.05, 4.69) is 25.9 Å². The summed E-state index contributed by atoms with van der Waals surface area (Å²) < 4.78 is 19.7. The molecule has 0 bridgehead atoms. The highest BCUT2D eigenvalue weighted by molar-refractivity contribution is 5.98. The molecule has 2 heterocycles. The largest absolute Gasteiger partial charge is 0.481 e. The maximum absolute atomic E-state index is 14.7. The van der Waals surface area contributed by atoms with Gasteiger partial charge in [-0.15, -0.1) is 0 Å². The summed E-state index contributed by atoms with van der Waals surface area (Å²) in [5.74, 6) is -1.52. The fourth-order valence-corrected chi connectivity index (χ4v) is 2.92. The van der Waals surface area contributed by atoms with E-state index in [1.165, 1.54) is 13.3 Å². The van der Waals surface area contributed by atoms with Crippen molar-refractivity contribution in [3.63, 3.8) is 0 Å². The number of halogens is 1. The van der Waals surface area contributed by atoms with E-state index in [4.69, 9.17) is 15.6 Å². The molecule has 0 radical (unpaired) electrons. The number of methoxy groups -OCH3 is 1. The second-order valence-electron chi connectivity index (χ2n) is 6.94. The lowest BCUT2D eigenvalue weighted by atomic mass is 9.97. The predicted octanol–water partition coefficient (Wildman–Crippen LogP) is 2.56. The molecule has 2 aromatic heterocycles. The third-order valence-electron chi connectivity index (χ3n) is 4.36. The molecule has 2 amide bonds. The maximum Gasteiger partial charge on any atom is 0.404 e. The van der Waals surface area contributed by atoms with Crippen LogP contribution in [0.1, 0.15) is 31.1 Å². The lowest BCUT2D eigenvalue weighted by Crippen LogP contribution is -2.47. The maximum atomic E-state index is 14.7. The third kappa shape index (κ3) is 5.69. The minimum atomic E-state index is -1.19. The minimum Gasteiger partial charge on any atom is -0.481 e. The van der Waals surface area contributed by atoms with Gasteiger partial charge in [-0.1, -0.05) is 13.8 Å². The Morgan fingerprint density at radius 3 is 2.50 bits per heavy atom. The molecule has 0 aliphatic carbocycles. The molecule has 162 valence electrons. The van der Waals surface area contributed by atoms with Gasteiger partial charge in [-0.3, -0.25) is 4.79 Å². The number of carbonyl (C=O) groups is 2. The second kappa shape index (κ2) is 9.72. The lowest BCUT2D eigenvalue weighted by Gasteiger charge is -2.29. The molecule has 0 saturated heterocycles. The van der Waals surface area contributed by atoms with Gasteiger partial charge in [0.05, 0.1) is 12.7 Å². The van der Waals surface area contributed by atoms with E-state index in [9.17, 15) is 14.0 Å². The van der Waals surface area contributed by atoms with Gasteiger partial charge in [0.2, 0.25) is 5.88 Å². The zero-order valence-corrected chi connectivity index (χ0v) is 17.1. The van der Waals surface area contributed by atoms with Crippen molar-refractivity contribution >= 4 is 29.3 Å². The van der Waals surface area contributed by atoms with E-state index in [0.29, 0.717) is 11.6 Å². The summed E-state index contributed by atoms with van der Waals surface area (Å²) in [5.41, 5.74) is 5.73. The number of hydrogen-bond donors (Lipinski definition) is 5. The topological polar surface area (TPSA) is 151 Å². The number of carboxylic acid groups (broad SMARTS) is 1. The van der Waals surface area contributed by atoms with Crippen LogP contribution in [0.3, 0.4) is 0 Å². The van der Waals surface area contributed by atoms with Gasteiger partial charge in [0.25, 0.3) is 5.91 Å². The fraction of sp³-hybridized carbons (Fsp3) is 0.368. The number of carbonyl (C=O) groups excluding carboxylic acids is 1. The van der Waals surface area contributed by atoms with Gasteiger partial charge in [-0.25, -0.2) is 19.2 Å². The Hall–Kier alpha value is -3.63. The molecule has 0 aliphatic heterocycles. The lowest BCUT2D eigenvalue weighted by molar-refractivity contribution is 0.1000. The van der Waals surface area contributed by atoms with Crippen LogP contribution in [0.5, 0.6) is 5.88 Å². The number of nitrogens with zero attached hydrogens (tertiary/aromatic N) is 2. The van der Waals surface area contributed by atoms with Crippen molar-refractivity contribution in [3.8, 4) is 5.88 Å². The van der Waals surface area contributed by atoms with E-state index in [1.54, 1.807) is 19.1 Å². The molecule has 6 N–H and O–H groups in total. The van der Waals surface area contributed by atoms with Crippen molar-refractivity contribution in [2.75, 3.05) is 17.7 Å². The molecule has 0 aromatic carbocycles. The zero-order valence-electron chi connectivity index (χ0n) is 17.1. The van der Waals surface area contributed by atoms with Crippen molar-refractivity contribution in [1.29, 1.82) is 0 Å². The molecule has 0 aliphatic rings. The Kier molecular flexibility index (Phi) is 7.34. The molecular formula is C19H25FN6O4. The summed E-state index contributed by atoms with van der Waals surface area (Å²) >= 11 is 0. The molecule has 2 atom stereocenters. The standard InChI is InChI=1S/C19H25FN6O4/c1-9(2)15(10(3)23-19(28)29)25-18-13(20)8-12(16(21)27)17(26-18)24-11-5-6-22-14(7-11)30-4/h5-10,15,23H,1-4H3,(H2,21,27)(H,28,29)(H2,22,24,25,26)/t10-,15+/m0/s1. The number of nitrogens with two attached hydrogens (primary N) is 1. The Morgan fingerprint density at radius 2 is 1.93 bits per heavy atom. The van der Waals surface area contributed by atoms with Gasteiger partial charge in [-0.2, -0.15) is 0 Å². The van der Waals surface area contributed by atoms with Gasteiger partial charge >= 0.3 is 6.09 Å². The summed E-state index contributed by atoms with van der Waals surface area (Å²) in [4.78, 5) is 31.0. The van der Waals surface area contributed by atoms with Crippen LogP contribution in [0.25, 0.3) is 0 Å². The van der Waals surface area contributed by atoms with Gasteiger partial charge in [-0.05, 0) is 25.0 Å². The number of anilines is 3. The fourth-order valence-electron chi connectivity index (χ4n) is 2.92. The first-order chi connectivity index (χ1) is 14.1. The number of primary amides is 1. The van der Waals surface area contributed by atoms with Crippen LogP contribution < -0.4 is 26.4 Å². The minimum absolute atomic E-state index is 0.0287. The number of pyridine rings is 2. The van der Waals surface area contributed by atoms with Crippen LogP contribution in [0.15, 0.2) is 24.4 Å². The quantitative estimate of drug-likeness (QED) is 0.415. The molecular weight excluding hydrogens is 395 g/mol. The van der Waals surface area contributed by atoms with Crippen molar-refractivity contribution in [1.82, 2.24) is 15.3 Å². The van der Waals surface area contributed by atoms with E-state index in [0.717, 1.165) is 6.07 Å². The Labute approximate surface area is 173 Å². The molecule has 0 unspecified atom stereocenters. The smallest absolute Gasteiger partial charge is 0.404 e. The van der Waals surface area contributed by atoms with E-state index in [-0.39, 0.29) is 23.1 Å². The summed E-state index contributed by atoms with van der Waals surface area (Å²) in [6.07, 6.45) is 0.295. The van der Waals surface area contributed by atoms with Crippen molar-refractivity contribution in [3.05, 3.63) is 35.8 Å². The predicted molar refractivity (Wildman–Crippen MR) is 110 cm³/mol. The van der Waals surface area contributed by atoms with Gasteiger partial charge < -0.3 is 31.5 Å². The Morgan fingerprint density at radius 1 is 1.23 bits per heavy atom. The van der Waals surface area contributed by atoms with Crippen LogP contribution in [0, 0.1) is 11.7 Å². The number of amides is 2. The highest BCUT2D eigenvalue weighted by Crippen LogP contribution is 2.26. The average molecular weight is 420 g/mol. The van der Waals surface area contributed by atoms with Crippen molar-refractivity contribution < 1.29 is 23.8 Å². The first-order valence-corrected chi connectivity index (χ1v) is 9.15. The van der Waals surface area contributed by atoms with E-state index < -0.39 is 29.9 Å². The van der Waals surface area contributed by atoms with Crippen LogP contribution in [-0.2, 0) is 0 Å². The average Bonchev–Trinajstić information content (AvgIpc) is 2.66. The first kappa shape index (κ1) is 22.7. The van der Waals surface area contributed by atoms with Crippen LogP contribution in [-0.4, -0.2) is 46.3 Å². The van der Waals surface area contributed by atoms with Crippen molar-refractivity contribution in [2.24, 2.45) is 11.7 Å². The van der Waals surface area contributed by atoms with E-state index in [1.807, 2.05) is 13.8 Å². The second-order valence-corrected chi connectivity index (χ2v) is 6.94. The van der Waals surface area contributed by atoms with Gasteiger partial charge in [0, 0.05) is 30.0 Å². The van der Waals surface area contributed by atoms with Crippen LogP contribution in [0.2, 0.25) is 0 Å². The number of aromatic nitrogens is 2. The number of ether oxygens (including phenoxy) is 1. The van der Waals surface area contributed by atoms with Gasteiger partial charge in [0.1, 0.15) is 5.82 Å². The monoisotopic (exact) mass is 420 g/mol. The van der Waals surface area contributed by atoms with Gasteiger partial charge in [0.15, 0.2) is 11.6 Å². The SMILES string of the molecule is COc1cc(Nc2nc(N[C@H](C(C)C)[C@H](C)NC(=O)O)c(F)cc2C(N)=O)ccn1. The Balaban J connectivity index is 2.41. The third-order valence-corrected chi connectivity index (χ3v) is 4.36. The highest BCUT2D eigenvalue weighted by atomic mass is 19.1. The van der Waals surface area contributed by atoms with E-state index >= 15 is 0 Å². The summed E-state index contributed by atoms with van der Waals surface area (Å²) in [6.45, 7) is 5.37. The van der Waals surface area contributed by atoms with Crippen molar-refractivity contribution in [2.45, 2.75) is 32.9 Å². The molecule has 0 spiro atoms. The van der Waals surface area contributed by atoms with Crippen LogP contribution >= 0.6 is 0 Å².